The molecule has 154 valence electrons. The van der Waals surface area contributed by atoms with Crippen LogP contribution in [-0.4, -0.2) is 33.7 Å². The zero-order valence-corrected chi connectivity index (χ0v) is 17.6. The van der Waals surface area contributed by atoms with Crippen LogP contribution in [0.2, 0.25) is 0 Å². The summed E-state index contributed by atoms with van der Waals surface area (Å²) in [6.07, 6.45) is 5.14. The van der Waals surface area contributed by atoms with Gasteiger partial charge in [-0.05, 0) is 31.4 Å². The summed E-state index contributed by atoms with van der Waals surface area (Å²) in [5.74, 6) is 1.93. The van der Waals surface area contributed by atoms with E-state index >= 15 is 0 Å². The third kappa shape index (κ3) is 3.92. The van der Waals surface area contributed by atoms with E-state index in [1.807, 2.05) is 13.0 Å². The minimum Gasteiger partial charge on any atom is -0.496 e. The second-order valence-corrected chi connectivity index (χ2v) is 8.10. The van der Waals surface area contributed by atoms with Gasteiger partial charge >= 0.3 is 0 Å². The van der Waals surface area contributed by atoms with Crippen molar-refractivity contribution in [3.05, 3.63) is 52.2 Å². The van der Waals surface area contributed by atoms with E-state index in [1.54, 1.807) is 13.3 Å². The predicted octanol–water partition coefficient (Wildman–Crippen LogP) is 3.70. The van der Waals surface area contributed by atoms with E-state index in [2.05, 4.69) is 38.4 Å². The second-order valence-electron chi connectivity index (χ2n) is 7.07. The first kappa shape index (κ1) is 20.1. The molecule has 1 aromatic carbocycles. The fourth-order valence-corrected chi connectivity index (χ4v) is 4.28. The van der Waals surface area contributed by atoms with Gasteiger partial charge in [-0.3, -0.25) is 0 Å². The molecular formula is C21H22N6O2S. The van der Waals surface area contributed by atoms with E-state index in [0.717, 1.165) is 36.3 Å². The fourth-order valence-electron chi connectivity index (χ4n) is 3.67. The van der Waals surface area contributed by atoms with Crippen LogP contribution in [0.15, 0.2) is 30.6 Å². The van der Waals surface area contributed by atoms with Gasteiger partial charge in [0.15, 0.2) is 5.13 Å². The molecule has 9 heteroatoms. The van der Waals surface area contributed by atoms with Gasteiger partial charge in [-0.25, -0.2) is 9.97 Å². The Morgan fingerprint density at radius 2 is 2.23 bits per heavy atom. The summed E-state index contributed by atoms with van der Waals surface area (Å²) < 4.78 is 5.63. The topological polar surface area (TPSA) is 107 Å². The van der Waals surface area contributed by atoms with Crippen molar-refractivity contribution in [3.63, 3.8) is 0 Å². The number of hydrogen-bond acceptors (Lipinski definition) is 9. The van der Waals surface area contributed by atoms with Crippen molar-refractivity contribution in [1.29, 1.82) is 5.26 Å². The molecule has 0 aliphatic carbocycles. The number of nitrogens with zero attached hydrogens (tertiary/aromatic N) is 5. The molecule has 1 fully saturated rings. The number of anilines is 3. The average Bonchev–Trinajstić information content (AvgIpc) is 3.43. The van der Waals surface area contributed by atoms with Crippen LogP contribution < -0.4 is 15.0 Å². The zero-order chi connectivity index (χ0) is 21.1. The summed E-state index contributed by atoms with van der Waals surface area (Å²) in [5.41, 5.74) is 2.83. The summed E-state index contributed by atoms with van der Waals surface area (Å²) >= 11 is 1.23. The number of hydrogen-bond donors (Lipinski definition) is 2. The highest BCUT2D eigenvalue weighted by Gasteiger charge is 2.30. The van der Waals surface area contributed by atoms with Gasteiger partial charge in [-0.2, -0.15) is 10.2 Å². The Morgan fingerprint density at radius 3 is 2.97 bits per heavy atom. The highest BCUT2D eigenvalue weighted by atomic mass is 32.1. The van der Waals surface area contributed by atoms with E-state index in [4.69, 9.17) is 15.0 Å². The van der Waals surface area contributed by atoms with E-state index < -0.39 is 0 Å². The molecule has 1 aliphatic heterocycles. The van der Waals surface area contributed by atoms with Crippen molar-refractivity contribution < 1.29 is 9.84 Å². The van der Waals surface area contributed by atoms with Crippen molar-refractivity contribution in [2.45, 2.75) is 32.4 Å². The number of rotatable bonds is 6. The number of aliphatic hydroxyl groups excluding tert-OH is 1. The molecule has 0 radical (unpaired) electrons. The molecule has 4 rings (SSSR count). The third-order valence-corrected chi connectivity index (χ3v) is 5.94. The van der Waals surface area contributed by atoms with E-state index in [0.29, 0.717) is 27.3 Å². The standard InChI is InChI=1S/C21H22N6O2S/c1-13-5-6-16(18(8-13)29-2)17-4-3-7-27(17)20-23-10-14(12-28)19(25-20)26-21-24-11-15(9-22)30-21/h5-6,8,10-11,17,28H,3-4,7,12H2,1-2H3,(H,23,24,25,26). The Balaban J connectivity index is 1.67. The fraction of sp³-hybridized carbons (Fsp3) is 0.333. The van der Waals surface area contributed by atoms with Crippen LogP contribution in [0.3, 0.4) is 0 Å². The first-order chi connectivity index (χ1) is 14.6. The number of nitriles is 1. The maximum Gasteiger partial charge on any atom is 0.227 e. The third-order valence-electron chi connectivity index (χ3n) is 5.12. The number of nitrogens with one attached hydrogen (secondary N) is 1. The van der Waals surface area contributed by atoms with Gasteiger partial charge in [0.1, 0.15) is 22.5 Å². The van der Waals surface area contributed by atoms with E-state index in [9.17, 15) is 5.11 Å². The van der Waals surface area contributed by atoms with Crippen LogP contribution >= 0.6 is 11.3 Å². The molecule has 0 spiro atoms. The van der Waals surface area contributed by atoms with Gasteiger partial charge in [0.2, 0.25) is 5.95 Å². The number of aliphatic hydroxyl groups is 1. The van der Waals surface area contributed by atoms with Crippen molar-refractivity contribution in [2.24, 2.45) is 0 Å². The maximum absolute atomic E-state index is 9.71. The minimum absolute atomic E-state index is 0.110. The number of thiazole rings is 1. The molecule has 2 aromatic heterocycles. The van der Waals surface area contributed by atoms with Crippen molar-refractivity contribution in [1.82, 2.24) is 15.0 Å². The lowest BCUT2D eigenvalue weighted by Crippen LogP contribution is -2.25. The molecule has 30 heavy (non-hydrogen) atoms. The van der Waals surface area contributed by atoms with Gasteiger partial charge in [-0.1, -0.05) is 23.5 Å². The largest absolute Gasteiger partial charge is 0.496 e. The first-order valence-electron chi connectivity index (χ1n) is 9.64. The lowest BCUT2D eigenvalue weighted by molar-refractivity contribution is 0.281. The molecule has 0 saturated carbocycles. The molecule has 3 heterocycles. The Morgan fingerprint density at radius 1 is 1.37 bits per heavy atom. The zero-order valence-electron chi connectivity index (χ0n) is 16.8. The quantitative estimate of drug-likeness (QED) is 0.619. The molecule has 8 nitrogen and oxygen atoms in total. The molecule has 1 unspecified atom stereocenters. The maximum atomic E-state index is 9.71. The predicted molar refractivity (Wildman–Crippen MR) is 115 cm³/mol. The van der Waals surface area contributed by atoms with Crippen LogP contribution in [0.25, 0.3) is 0 Å². The van der Waals surface area contributed by atoms with Gasteiger partial charge in [-0.15, -0.1) is 0 Å². The summed E-state index contributed by atoms with van der Waals surface area (Å²) in [4.78, 5) is 16.1. The molecule has 3 aromatic rings. The van der Waals surface area contributed by atoms with Crippen LogP contribution in [0.4, 0.5) is 16.9 Å². The smallest absolute Gasteiger partial charge is 0.227 e. The Bertz CT molecular complexity index is 1090. The normalized spacial score (nSPS) is 15.8. The van der Waals surface area contributed by atoms with Gasteiger partial charge < -0.3 is 20.1 Å². The SMILES string of the molecule is COc1cc(C)ccc1C1CCCN1c1ncc(CO)c(Nc2ncc(C#N)s2)n1. The molecule has 1 atom stereocenters. The Hall–Kier alpha value is -3.22. The highest BCUT2D eigenvalue weighted by molar-refractivity contribution is 7.16. The van der Waals surface area contributed by atoms with Crippen LogP contribution in [0, 0.1) is 18.3 Å². The second kappa shape index (κ2) is 8.65. The molecule has 0 amide bonds. The monoisotopic (exact) mass is 422 g/mol. The van der Waals surface area contributed by atoms with E-state index in [1.165, 1.54) is 17.5 Å². The highest BCUT2D eigenvalue weighted by Crippen LogP contribution is 2.39. The summed E-state index contributed by atoms with van der Waals surface area (Å²) in [7, 11) is 1.69. The lowest BCUT2D eigenvalue weighted by Gasteiger charge is -2.27. The molecule has 0 bridgehead atoms. The molecule has 1 saturated heterocycles. The van der Waals surface area contributed by atoms with Crippen LogP contribution in [0.1, 0.15) is 40.5 Å². The van der Waals surface area contributed by atoms with Gasteiger partial charge in [0.25, 0.3) is 0 Å². The average molecular weight is 423 g/mol. The van der Waals surface area contributed by atoms with Crippen LogP contribution in [0.5, 0.6) is 5.75 Å². The number of ether oxygens (including phenoxy) is 1. The van der Waals surface area contributed by atoms with Gasteiger partial charge in [0.05, 0.1) is 26.0 Å². The molecular weight excluding hydrogens is 400 g/mol. The summed E-state index contributed by atoms with van der Waals surface area (Å²) in [6.45, 7) is 2.67. The Labute approximate surface area is 178 Å². The van der Waals surface area contributed by atoms with Crippen molar-refractivity contribution in [3.8, 4) is 11.8 Å². The minimum atomic E-state index is -0.200. The molecule has 2 N–H and O–H groups in total. The Kier molecular flexibility index (Phi) is 5.79. The van der Waals surface area contributed by atoms with Crippen molar-refractivity contribution >= 4 is 28.2 Å². The molecule has 1 aliphatic rings. The summed E-state index contributed by atoms with van der Waals surface area (Å²) in [5, 5.41) is 22.4. The van der Waals surface area contributed by atoms with Crippen LogP contribution in [-0.2, 0) is 6.61 Å². The van der Waals surface area contributed by atoms with Crippen molar-refractivity contribution in [2.75, 3.05) is 23.9 Å². The number of aryl methyl sites for hydroxylation is 1. The van der Waals surface area contributed by atoms with E-state index in [-0.39, 0.29) is 12.6 Å². The number of aromatic nitrogens is 3. The van der Waals surface area contributed by atoms with Gasteiger partial charge in [0, 0.05) is 23.9 Å². The first-order valence-corrected chi connectivity index (χ1v) is 10.5. The number of benzene rings is 1. The summed E-state index contributed by atoms with van der Waals surface area (Å²) in [6, 6.07) is 8.42. The number of methoxy groups -OCH3 is 1. The lowest BCUT2D eigenvalue weighted by atomic mass is 10.0.